The summed E-state index contributed by atoms with van der Waals surface area (Å²) in [6.07, 6.45) is 2.44. The summed E-state index contributed by atoms with van der Waals surface area (Å²) in [6, 6.07) is 0. The van der Waals surface area contributed by atoms with E-state index in [2.05, 4.69) is 15.3 Å². The Hall–Kier alpha value is -2.55. The summed E-state index contributed by atoms with van der Waals surface area (Å²) >= 11 is 1.05. The largest absolute Gasteiger partial charge is 0.462 e. The van der Waals surface area contributed by atoms with Gasteiger partial charge in [0.25, 0.3) is 5.56 Å². The monoisotopic (exact) mass is 376 g/mol. The van der Waals surface area contributed by atoms with E-state index in [0.29, 0.717) is 33.5 Å². The van der Waals surface area contributed by atoms with Crippen molar-refractivity contribution in [1.29, 1.82) is 0 Å². The molecule has 1 aliphatic carbocycles. The van der Waals surface area contributed by atoms with Gasteiger partial charge in [-0.25, -0.2) is 14.8 Å². The van der Waals surface area contributed by atoms with Crippen LogP contribution in [-0.2, 0) is 28.9 Å². The van der Waals surface area contributed by atoms with Crippen LogP contribution in [0.1, 0.15) is 45.8 Å². The number of esters is 1. The molecule has 8 nitrogen and oxygen atoms in total. The van der Waals surface area contributed by atoms with Crippen LogP contribution in [0, 0.1) is 13.8 Å². The molecule has 9 heteroatoms. The molecule has 0 atom stereocenters. The van der Waals surface area contributed by atoms with E-state index in [-0.39, 0.29) is 24.6 Å². The number of anilines is 1. The standard InChI is InChI=1S/C17H20N4O4S/c1-4-25-16(24)14-9(2)18-17(26-14)20-13(22)8-21-10(3)19-12-7-5-6-11(12)15(21)23/h4-8H2,1-3H3,(H,18,20,22). The third-order valence-corrected chi connectivity index (χ3v) is 5.24. The summed E-state index contributed by atoms with van der Waals surface area (Å²) < 4.78 is 6.34. The van der Waals surface area contributed by atoms with Crippen LogP contribution in [0.2, 0.25) is 0 Å². The van der Waals surface area contributed by atoms with Gasteiger partial charge >= 0.3 is 5.97 Å². The summed E-state index contributed by atoms with van der Waals surface area (Å²) in [5.41, 5.74) is 1.90. The number of nitrogens with one attached hydrogen (secondary N) is 1. The second kappa shape index (κ2) is 7.36. The predicted octanol–water partition coefficient (Wildman–Crippen LogP) is 1.62. The number of thiazole rings is 1. The number of carbonyl (C=O) groups is 2. The van der Waals surface area contributed by atoms with Crippen molar-refractivity contribution in [2.24, 2.45) is 0 Å². The number of rotatable bonds is 5. The summed E-state index contributed by atoms with van der Waals surface area (Å²) in [7, 11) is 0. The summed E-state index contributed by atoms with van der Waals surface area (Å²) in [6.45, 7) is 5.25. The Morgan fingerprint density at radius 2 is 2.04 bits per heavy atom. The molecular formula is C17H20N4O4S. The second-order valence-electron chi connectivity index (χ2n) is 6.03. The van der Waals surface area contributed by atoms with Gasteiger partial charge in [0.05, 0.1) is 18.0 Å². The molecule has 0 saturated carbocycles. The second-order valence-corrected chi connectivity index (χ2v) is 7.03. The van der Waals surface area contributed by atoms with Crippen molar-refractivity contribution in [2.75, 3.05) is 11.9 Å². The topological polar surface area (TPSA) is 103 Å². The maximum Gasteiger partial charge on any atom is 0.350 e. The van der Waals surface area contributed by atoms with Gasteiger partial charge in [0.1, 0.15) is 17.2 Å². The number of fused-ring (bicyclic) bond motifs is 1. The maximum atomic E-state index is 12.6. The first-order chi connectivity index (χ1) is 12.4. The van der Waals surface area contributed by atoms with Gasteiger partial charge in [-0.1, -0.05) is 11.3 Å². The highest BCUT2D eigenvalue weighted by molar-refractivity contribution is 7.17. The van der Waals surface area contributed by atoms with Gasteiger partial charge in [0, 0.05) is 5.56 Å². The maximum absolute atomic E-state index is 12.6. The minimum Gasteiger partial charge on any atom is -0.462 e. The fourth-order valence-corrected chi connectivity index (χ4v) is 3.85. The molecule has 138 valence electrons. The lowest BCUT2D eigenvalue weighted by Gasteiger charge is -2.11. The Morgan fingerprint density at radius 1 is 1.27 bits per heavy atom. The van der Waals surface area contributed by atoms with E-state index >= 15 is 0 Å². The smallest absolute Gasteiger partial charge is 0.350 e. The number of carbonyl (C=O) groups excluding carboxylic acids is 2. The normalized spacial score (nSPS) is 12.7. The zero-order chi connectivity index (χ0) is 18.8. The molecule has 2 aromatic heterocycles. The van der Waals surface area contributed by atoms with E-state index in [1.807, 2.05) is 0 Å². The first kappa shape index (κ1) is 18.2. The van der Waals surface area contributed by atoms with Crippen molar-refractivity contribution >= 4 is 28.3 Å². The number of ether oxygens (including phenoxy) is 1. The molecule has 0 aromatic carbocycles. The predicted molar refractivity (Wildman–Crippen MR) is 96.7 cm³/mol. The third kappa shape index (κ3) is 3.52. The Labute approximate surface area is 154 Å². The first-order valence-electron chi connectivity index (χ1n) is 8.44. The zero-order valence-electron chi connectivity index (χ0n) is 14.9. The molecule has 0 bridgehead atoms. The van der Waals surface area contributed by atoms with Crippen LogP contribution in [0.4, 0.5) is 5.13 Å². The van der Waals surface area contributed by atoms with Crippen LogP contribution >= 0.6 is 11.3 Å². The lowest BCUT2D eigenvalue weighted by Crippen LogP contribution is -2.32. The van der Waals surface area contributed by atoms with Crippen molar-refractivity contribution in [3.8, 4) is 0 Å². The fourth-order valence-electron chi connectivity index (χ4n) is 2.97. The molecule has 2 aromatic rings. The van der Waals surface area contributed by atoms with Crippen molar-refractivity contribution < 1.29 is 14.3 Å². The number of aryl methyl sites for hydroxylation is 3. The number of hydrogen-bond donors (Lipinski definition) is 1. The Kier molecular flexibility index (Phi) is 5.17. The lowest BCUT2D eigenvalue weighted by atomic mass is 10.2. The number of aromatic nitrogens is 3. The molecule has 0 saturated heterocycles. The summed E-state index contributed by atoms with van der Waals surface area (Å²) in [4.78, 5) is 45.7. The number of hydrogen-bond acceptors (Lipinski definition) is 7. The van der Waals surface area contributed by atoms with Gasteiger partial charge in [-0.3, -0.25) is 14.2 Å². The van der Waals surface area contributed by atoms with Gasteiger partial charge < -0.3 is 10.1 Å². The summed E-state index contributed by atoms with van der Waals surface area (Å²) in [5, 5.41) is 2.95. The Bertz CT molecular complexity index is 932. The van der Waals surface area contributed by atoms with E-state index < -0.39 is 5.97 Å². The minimum absolute atomic E-state index is 0.141. The third-order valence-electron chi connectivity index (χ3n) is 4.18. The van der Waals surface area contributed by atoms with E-state index in [1.54, 1.807) is 20.8 Å². The molecule has 0 aliphatic heterocycles. The van der Waals surface area contributed by atoms with Crippen LogP contribution in [0.15, 0.2) is 4.79 Å². The van der Waals surface area contributed by atoms with Crippen LogP contribution in [-0.4, -0.2) is 33.0 Å². The SMILES string of the molecule is CCOC(=O)c1sc(NC(=O)Cn2c(C)nc3c(c2=O)CCC3)nc1C. The van der Waals surface area contributed by atoms with Crippen LogP contribution in [0.25, 0.3) is 0 Å². The van der Waals surface area contributed by atoms with Crippen molar-refractivity contribution in [3.05, 3.63) is 38.0 Å². The van der Waals surface area contributed by atoms with Crippen LogP contribution in [0.5, 0.6) is 0 Å². The van der Waals surface area contributed by atoms with Gasteiger partial charge in [0.2, 0.25) is 5.91 Å². The van der Waals surface area contributed by atoms with Crippen LogP contribution in [0.3, 0.4) is 0 Å². The highest BCUT2D eigenvalue weighted by Crippen LogP contribution is 2.23. The fraction of sp³-hybridized carbons (Fsp3) is 0.471. The van der Waals surface area contributed by atoms with E-state index in [0.717, 1.165) is 29.9 Å². The van der Waals surface area contributed by atoms with Gasteiger partial charge in [-0.05, 0) is 40.0 Å². The van der Waals surface area contributed by atoms with Crippen LogP contribution < -0.4 is 10.9 Å². The zero-order valence-corrected chi connectivity index (χ0v) is 15.7. The summed E-state index contributed by atoms with van der Waals surface area (Å²) in [5.74, 6) is -0.328. The molecule has 3 rings (SSSR count). The molecule has 0 spiro atoms. The van der Waals surface area contributed by atoms with E-state index in [9.17, 15) is 14.4 Å². The van der Waals surface area contributed by atoms with E-state index in [1.165, 1.54) is 4.57 Å². The molecule has 1 aliphatic rings. The average molecular weight is 376 g/mol. The molecule has 0 radical (unpaired) electrons. The Morgan fingerprint density at radius 3 is 2.77 bits per heavy atom. The van der Waals surface area contributed by atoms with Gasteiger partial charge in [-0.15, -0.1) is 0 Å². The highest BCUT2D eigenvalue weighted by Gasteiger charge is 2.21. The molecular weight excluding hydrogens is 356 g/mol. The minimum atomic E-state index is -0.460. The quantitative estimate of drug-likeness (QED) is 0.796. The molecule has 0 unspecified atom stereocenters. The Balaban J connectivity index is 1.75. The van der Waals surface area contributed by atoms with Crippen molar-refractivity contribution in [2.45, 2.75) is 46.6 Å². The molecule has 26 heavy (non-hydrogen) atoms. The van der Waals surface area contributed by atoms with Crippen molar-refractivity contribution in [3.63, 3.8) is 0 Å². The van der Waals surface area contributed by atoms with Gasteiger partial charge in [0.15, 0.2) is 5.13 Å². The molecule has 0 fully saturated rings. The van der Waals surface area contributed by atoms with Crippen molar-refractivity contribution in [1.82, 2.24) is 14.5 Å². The molecule has 1 amide bonds. The lowest BCUT2D eigenvalue weighted by molar-refractivity contribution is -0.116. The average Bonchev–Trinajstić information content (AvgIpc) is 3.18. The number of amides is 1. The first-order valence-corrected chi connectivity index (χ1v) is 9.26. The molecule has 1 N–H and O–H groups in total. The van der Waals surface area contributed by atoms with Gasteiger partial charge in [-0.2, -0.15) is 0 Å². The molecule has 2 heterocycles. The number of nitrogens with zero attached hydrogens (tertiary/aromatic N) is 3. The highest BCUT2D eigenvalue weighted by atomic mass is 32.1. The van der Waals surface area contributed by atoms with E-state index in [4.69, 9.17) is 4.74 Å².